The molecule has 10 nitrogen and oxygen atoms in total. The summed E-state index contributed by atoms with van der Waals surface area (Å²) in [6.45, 7) is 2.79. The Bertz CT molecular complexity index is 2460. The number of hydrogen-bond donors (Lipinski definition) is 0. The first kappa shape index (κ1) is 43.3. The fraction of sp³-hybridized carbons (Fsp3) is 0.0526. The fourth-order valence-corrected chi connectivity index (χ4v) is 6.99. The van der Waals surface area contributed by atoms with Gasteiger partial charge < -0.3 is 27.5 Å². The van der Waals surface area contributed by atoms with E-state index in [4.69, 9.17) is 27.5 Å². The van der Waals surface area contributed by atoms with Crippen LogP contribution < -0.4 is 9.47 Å². The molecule has 0 atom stereocenters. The molecule has 1 aromatic carbocycles. The van der Waals surface area contributed by atoms with Gasteiger partial charge in [0.2, 0.25) is 0 Å². The Kier molecular flexibility index (Phi) is 15.8. The Morgan fingerprint density at radius 2 is 1.30 bits per heavy atom. The van der Waals surface area contributed by atoms with E-state index in [1.54, 1.807) is 59.2 Å². The van der Waals surface area contributed by atoms with E-state index in [0.717, 1.165) is 22.6 Å². The molecule has 0 aliphatic carbocycles. The maximum Gasteiger partial charge on any atom is 2.00 e. The number of pyridine rings is 3. The number of carbonyl (C=O) groups is 2. The number of isothiocyanates is 1. The Morgan fingerprint density at radius 1 is 0.732 bits per heavy atom. The quantitative estimate of drug-likeness (QED) is 0.0450. The maximum atomic E-state index is 12.5. The van der Waals surface area contributed by atoms with Crippen molar-refractivity contribution in [1.29, 1.82) is 0 Å². The molecule has 6 aromatic heterocycles. The third kappa shape index (κ3) is 11.5. The predicted octanol–water partition coefficient (Wildman–Crippen LogP) is 9.77. The molecule has 7 aromatic rings. The second-order valence-electron chi connectivity index (χ2n) is 10.8. The molecular formula is C38H23F3N6O4RuS4. The van der Waals surface area contributed by atoms with Crippen molar-refractivity contribution in [2.24, 2.45) is 0 Å². The number of hydrogen-bond acceptors (Lipinski definition) is 13. The van der Waals surface area contributed by atoms with Gasteiger partial charge in [0, 0.05) is 68.1 Å². The molecule has 0 unspecified atom stereocenters. The Morgan fingerprint density at radius 3 is 1.93 bits per heavy atom. The topological polar surface area (TPSA) is 139 Å². The van der Waals surface area contributed by atoms with E-state index in [1.165, 1.54) is 44.4 Å². The van der Waals surface area contributed by atoms with Gasteiger partial charge in [0.15, 0.2) is 5.82 Å². The number of alkyl halides is 3. The molecule has 0 fully saturated rings. The minimum atomic E-state index is -4.40. The van der Waals surface area contributed by atoms with Crippen LogP contribution in [0.2, 0.25) is 0 Å². The number of nitrogens with zero attached hydrogens (tertiary/aromatic N) is 6. The number of thiophene rings is 2. The van der Waals surface area contributed by atoms with E-state index in [2.05, 4.69) is 68.3 Å². The van der Waals surface area contributed by atoms with Gasteiger partial charge in [-0.3, -0.25) is 19.6 Å². The molecule has 0 radical (unpaired) electrons. The van der Waals surface area contributed by atoms with Crippen molar-refractivity contribution in [3.8, 4) is 65.9 Å². The molecule has 0 bridgehead atoms. The van der Waals surface area contributed by atoms with Gasteiger partial charge in [0.25, 0.3) is 12.9 Å². The second kappa shape index (κ2) is 20.4. The second-order valence-corrected chi connectivity index (χ2v) is 13.7. The standard InChI is InChI=1S/C26H17N3O4S2.C11H7F3N2S.CNS.Ru/c1-16-2-3-25(34-16)26-5-4-24(35-26)17-6-8-27-20(10-17)22-12-19(33-15-31)13-23(29-22)21-11-18(32-14-30)7-9-28-21;12-11(13,14)7-2-3-9(17)8(6-7)10-15-4-1-5-16-10;2-1-3;/h2-15H,1H3;1-6,17H;;/q;;-1;+2/p-1. The monoisotopic (exact) mass is 914 g/mol. The van der Waals surface area contributed by atoms with Crippen LogP contribution in [0.3, 0.4) is 0 Å². The van der Waals surface area contributed by atoms with Crippen LogP contribution in [0.4, 0.5) is 13.2 Å². The minimum Gasteiger partial charge on any atom is -0.779 e. The molecule has 0 N–H and O–H groups in total. The van der Waals surface area contributed by atoms with E-state index in [0.29, 0.717) is 52.1 Å². The van der Waals surface area contributed by atoms with Crippen molar-refractivity contribution < 1.29 is 51.7 Å². The van der Waals surface area contributed by atoms with Gasteiger partial charge in [-0.05, 0) is 67.1 Å². The molecule has 0 saturated carbocycles. The normalized spacial score (nSPS) is 10.3. The van der Waals surface area contributed by atoms with Gasteiger partial charge in [-0.25, -0.2) is 15.0 Å². The Hall–Kier alpha value is -5.48. The molecule has 0 amide bonds. The molecule has 6 heterocycles. The molecular weight excluding hydrogens is 891 g/mol. The van der Waals surface area contributed by atoms with Crippen molar-refractivity contribution >= 4 is 65.6 Å². The molecule has 0 saturated heterocycles. The summed E-state index contributed by atoms with van der Waals surface area (Å²) in [5.74, 6) is 0.815. The van der Waals surface area contributed by atoms with E-state index < -0.39 is 11.7 Å². The van der Waals surface area contributed by atoms with Crippen molar-refractivity contribution in [2.75, 3.05) is 0 Å². The van der Waals surface area contributed by atoms with Crippen LogP contribution >= 0.6 is 34.9 Å². The molecule has 18 heteroatoms. The van der Waals surface area contributed by atoms with Crippen LogP contribution in [-0.4, -0.2) is 43.0 Å². The van der Waals surface area contributed by atoms with Crippen LogP contribution in [0, 0.1) is 6.92 Å². The molecule has 282 valence electrons. The van der Waals surface area contributed by atoms with Gasteiger partial charge in [0.1, 0.15) is 11.5 Å². The van der Waals surface area contributed by atoms with Crippen LogP contribution in [-0.2, 0) is 47.9 Å². The van der Waals surface area contributed by atoms with Crippen molar-refractivity contribution in [1.82, 2.24) is 24.9 Å². The number of thiocarbonyl (C=S) groups is 1. The predicted molar refractivity (Wildman–Crippen MR) is 210 cm³/mol. The van der Waals surface area contributed by atoms with Crippen LogP contribution in [0.1, 0.15) is 10.4 Å². The van der Waals surface area contributed by atoms with Gasteiger partial charge in [-0.1, -0.05) is 24.4 Å². The zero-order valence-electron chi connectivity index (χ0n) is 28.5. The van der Waals surface area contributed by atoms with E-state index in [-0.39, 0.29) is 30.9 Å². The van der Waals surface area contributed by atoms with Gasteiger partial charge in [0.05, 0.1) is 28.3 Å². The Balaban J connectivity index is 0.000000278. The summed E-state index contributed by atoms with van der Waals surface area (Å²) >= 11 is 12.2. The fourth-order valence-electron chi connectivity index (χ4n) is 4.81. The third-order valence-corrected chi connectivity index (χ3v) is 9.86. The number of benzene rings is 1. The maximum absolute atomic E-state index is 12.5. The number of aryl methyl sites for hydroxylation is 1. The van der Waals surface area contributed by atoms with Crippen LogP contribution in [0.5, 0.6) is 11.5 Å². The number of halogens is 3. The summed E-state index contributed by atoms with van der Waals surface area (Å²) in [4.78, 5) is 48.1. The summed E-state index contributed by atoms with van der Waals surface area (Å²) in [7, 11) is 0. The Labute approximate surface area is 349 Å². The van der Waals surface area contributed by atoms with Gasteiger partial charge >= 0.3 is 25.7 Å². The smallest absolute Gasteiger partial charge is 0.779 e. The average Bonchev–Trinajstić information content (AvgIpc) is 3.86. The number of rotatable bonds is 9. The number of ether oxygens (including phenoxy) is 2. The SMILES string of the molecule is Cc1ccc(-c2ccc(-c3ccnc(-c4cc(OC=O)cc(-c5cc(OC=O)ccn5)n4)c3)s2)s1.FC(F)(F)c1ccc([S-])c(-c2ncccn2)c1.[N-]=C=S.[Ru+2]. The first-order valence-corrected chi connectivity index (χ1v) is 18.0. The molecule has 56 heavy (non-hydrogen) atoms. The number of aromatic nitrogens is 5. The largest absolute Gasteiger partial charge is 2.00 e. The number of carbonyl (C=O) groups excluding carboxylic acids is 2. The minimum absolute atomic E-state index is 0. The van der Waals surface area contributed by atoms with Crippen LogP contribution in [0.15, 0.2) is 115 Å². The van der Waals surface area contributed by atoms with Crippen molar-refractivity contribution in [3.05, 3.63) is 126 Å². The third-order valence-electron chi connectivity index (χ3n) is 7.17. The molecule has 0 aliphatic rings. The average molecular weight is 914 g/mol. The summed E-state index contributed by atoms with van der Waals surface area (Å²) in [5.41, 5.74) is 2.48. The molecule has 0 spiro atoms. The van der Waals surface area contributed by atoms with Gasteiger partial charge in [-0.2, -0.15) is 23.2 Å². The van der Waals surface area contributed by atoms with Gasteiger partial charge in [-0.15, -0.1) is 22.7 Å². The molecule has 7 rings (SSSR count). The van der Waals surface area contributed by atoms with E-state index >= 15 is 0 Å². The van der Waals surface area contributed by atoms with Crippen molar-refractivity contribution in [2.45, 2.75) is 18.0 Å². The summed E-state index contributed by atoms with van der Waals surface area (Å²) < 4.78 is 47.7. The zero-order chi connectivity index (χ0) is 39.4. The summed E-state index contributed by atoms with van der Waals surface area (Å²) in [6.07, 6.45) is 1.75. The van der Waals surface area contributed by atoms with Crippen molar-refractivity contribution in [3.63, 3.8) is 0 Å². The summed E-state index contributed by atoms with van der Waals surface area (Å²) in [6, 6.07) is 23.5. The summed E-state index contributed by atoms with van der Waals surface area (Å²) in [5, 5.41) is 8.47. The first-order valence-electron chi connectivity index (χ1n) is 15.5. The first-order chi connectivity index (χ1) is 26.5. The zero-order valence-corrected chi connectivity index (χ0v) is 33.5. The molecule has 0 aliphatic heterocycles. The van der Waals surface area contributed by atoms with E-state index in [1.807, 2.05) is 12.1 Å². The van der Waals surface area contributed by atoms with E-state index in [9.17, 15) is 22.8 Å². The van der Waals surface area contributed by atoms with Crippen LogP contribution in [0.25, 0.3) is 59.8 Å².